The number of aryl methyl sites for hydroxylation is 1. The molecule has 0 aliphatic rings. The molecule has 18 heavy (non-hydrogen) atoms. The van der Waals surface area contributed by atoms with E-state index in [0.29, 0.717) is 0 Å². The summed E-state index contributed by atoms with van der Waals surface area (Å²) >= 11 is 12.9. The lowest BCUT2D eigenvalue weighted by Gasteiger charge is -2.16. The van der Waals surface area contributed by atoms with E-state index in [1.165, 1.54) is 32.1 Å². The third kappa shape index (κ3) is 7.50. The molecule has 0 atom stereocenters. The molecule has 0 saturated carbocycles. The minimum atomic E-state index is -1.94. The third-order valence-electron chi connectivity index (χ3n) is 3.27. The van der Waals surface area contributed by atoms with Gasteiger partial charge in [-0.15, -0.1) is 22.2 Å². The lowest BCUT2D eigenvalue weighted by atomic mass is 10.2. The SMILES string of the molecule is CCCCCC[Si](Cl)(Cl)CCCCn1cccc1. The largest absolute Gasteiger partial charge is 0.354 e. The van der Waals surface area contributed by atoms with Crippen LogP contribution in [0.1, 0.15) is 45.4 Å². The fourth-order valence-electron chi connectivity index (χ4n) is 2.13. The molecule has 0 N–H and O–H groups in total. The van der Waals surface area contributed by atoms with Gasteiger partial charge >= 0.3 is 0 Å². The van der Waals surface area contributed by atoms with Crippen LogP contribution in [0.3, 0.4) is 0 Å². The van der Waals surface area contributed by atoms with Gasteiger partial charge in [-0.25, -0.2) is 0 Å². The number of halogens is 2. The van der Waals surface area contributed by atoms with Crippen LogP contribution in [0.25, 0.3) is 0 Å². The van der Waals surface area contributed by atoms with Crippen molar-refractivity contribution in [1.29, 1.82) is 0 Å². The minimum Gasteiger partial charge on any atom is -0.354 e. The summed E-state index contributed by atoms with van der Waals surface area (Å²) in [7, 11) is 0. The van der Waals surface area contributed by atoms with E-state index >= 15 is 0 Å². The lowest BCUT2D eigenvalue weighted by molar-refractivity contribution is 0.631. The molecule has 0 fully saturated rings. The average molecular weight is 306 g/mol. The van der Waals surface area contributed by atoms with Gasteiger partial charge in [0.1, 0.15) is 0 Å². The van der Waals surface area contributed by atoms with Crippen LogP contribution in [0.5, 0.6) is 0 Å². The van der Waals surface area contributed by atoms with Crippen LogP contribution in [0, 0.1) is 0 Å². The van der Waals surface area contributed by atoms with Crippen LogP contribution in [0.2, 0.25) is 12.1 Å². The van der Waals surface area contributed by atoms with Gasteiger partial charge in [0.05, 0.1) is 0 Å². The monoisotopic (exact) mass is 305 g/mol. The maximum Gasteiger partial charge on any atom is 0.251 e. The van der Waals surface area contributed by atoms with Crippen LogP contribution < -0.4 is 0 Å². The number of unbranched alkanes of at least 4 members (excludes halogenated alkanes) is 4. The molecule has 0 amide bonds. The van der Waals surface area contributed by atoms with Gasteiger partial charge in [0, 0.05) is 18.9 Å². The predicted molar refractivity (Wildman–Crippen MR) is 84.9 cm³/mol. The zero-order valence-electron chi connectivity index (χ0n) is 11.4. The van der Waals surface area contributed by atoms with E-state index in [1.807, 2.05) is 0 Å². The van der Waals surface area contributed by atoms with Gasteiger partial charge in [-0.3, -0.25) is 0 Å². The van der Waals surface area contributed by atoms with E-state index in [-0.39, 0.29) is 0 Å². The summed E-state index contributed by atoms with van der Waals surface area (Å²) in [5.74, 6) is 0. The Morgan fingerprint density at radius 1 is 0.889 bits per heavy atom. The fraction of sp³-hybridized carbons (Fsp3) is 0.714. The molecule has 0 unspecified atom stereocenters. The van der Waals surface area contributed by atoms with Gasteiger partial charge in [0.15, 0.2) is 0 Å². The Morgan fingerprint density at radius 2 is 1.50 bits per heavy atom. The second kappa shape index (κ2) is 9.06. The van der Waals surface area contributed by atoms with Crippen LogP contribution in [-0.4, -0.2) is 11.3 Å². The molecule has 0 saturated heterocycles. The highest BCUT2D eigenvalue weighted by molar-refractivity contribution is 7.45. The normalized spacial score (nSPS) is 11.9. The summed E-state index contributed by atoms with van der Waals surface area (Å²) in [4.78, 5) is 0. The molecule has 0 bridgehead atoms. The number of aromatic nitrogens is 1. The van der Waals surface area contributed by atoms with Crippen molar-refractivity contribution < 1.29 is 0 Å². The molecule has 0 spiro atoms. The Kier molecular flexibility index (Phi) is 8.12. The second-order valence-electron chi connectivity index (χ2n) is 5.04. The van der Waals surface area contributed by atoms with Gasteiger partial charge in [-0.05, 0) is 30.6 Å². The van der Waals surface area contributed by atoms with E-state index in [1.54, 1.807) is 0 Å². The smallest absolute Gasteiger partial charge is 0.251 e. The molecule has 0 aliphatic heterocycles. The Hall–Kier alpha value is 0.0769. The summed E-state index contributed by atoms with van der Waals surface area (Å²) in [5.41, 5.74) is 0. The Labute approximate surface area is 122 Å². The quantitative estimate of drug-likeness (QED) is 0.294. The van der Waals surface area contributed by atoms with Gasteiger partial charge in [-0.1, -0.05) is 39.0 Å². The number of hydrogen-bond donors (Lipinski definition) is 0. The maximum absolute atomic E-state index is 6.47. The Bertz CT molecular complexity index is 299. The molecule has 1 rings (SSSR count). The first kappa shape index (κ1) is 16.1. The standard InChI is InChI=1S/C14H25Cl2NSi/c1-2-3-4-8-13-18(15,16)14-9-7-12-17-10-5-6-11-17/h5-6,10-11H,2-4,7-9,12-14H2,1H3. The van der Waals surface area contributed by atoms with Crippen molar-refractivity contribution in [1.82, 2.24) is 4.57 Å². The first-order chi connectivity index (χ1) is 8.64. The van der Waals surface area contributed by atoms with E-state index < -0.39 is 6.69 Å². The molecule has 104 valence electrons. The van der Waals surface area contributed by atoms with Crippen LogP contribution >= 0.6 is 22.2 Å². The van der Waals surface area contributed by atoms with Crippen molar-refractivity contribution >= 4 is 28.9 Å². The fourth-order valence-corrected chi connectivity index (χ4v) is 5.52. The maximum atomic E-state index is 6.47. The van der Waals surface area contributed by atoms with E-state index in [4.69, 9.17) is 22.2 Å². The van der Waals surface area contributed by atoms with Gasteiger partial charge in [-0.2, -0.15) is 0 Å². The third-order valence-corrected chi connectivity index (χ3v) is 7.71. The molecular formula is C14H25Cl2NSi. The van der Waals surface area contributed by atoms with Crippen molar-refractivity contribution in [2.45, 2.75) is 64.1 Å². The number of rotatable bonds is 10. The predicted octanol–water partition coefficient (Wildman–Crippen LogP) is 5.77. The summed E-state index contributed by atoms with van der Waals surface area (Å²) in [5, 5.41) is 0. The van der Waals surface area contributed by atoms with E-state index in [9.17, 15) is 0 Å². The molecule has 1 heterocycles. The molecule has 1 aromatic heterocycles. The van der Waals surface area contributed by atoms with Crippen molar-refractivity contribution in [3.05, 3.63) is 24.5 Å². The van der Waals surface area contributed by atoms with Crippen molar-refractivity contribution in [3.8, 4) is 0 Å². The molecule has 1 nitrogen and oxygen atoms in total. The van der Waals surface area contributed by atoms with E-state index in [2.05, 4.69) is 36.0 Å². The van der Waals surface area contributed by atoms with Crippen molar-refractivity contribution in [2.75, 3.05) is 0 Å². The van der Waals surface area contributed by atoms with E-state index in [0.717, 1.165) is 25.1 Å². The molecular weight excluding hydrogens is 281 g/mol. The highest BCUT2D eigenvalue weighted by Gasteiger charge is 2.26. The molecule has 0 aliphatic carbocycles. The summed E-state index contributed by atoms with van der Waals surface area (Å²) in [6.07, 6.45) is 11.6. The van der Waals surface area contributed by atoms with Gasteiger partial charge < -0.3 is 4.57 Å². The number of nitrogens with zero attached hydrogens (tertiary/aromatic N) is 1. The topological polar surface area (TPSA) is 4.93 Å². The molecule has 0 aromatic carbocycles. The Morgan fingerprint density at radius 3 is 2.11 bits per heavy atom. The zero-order chi connectivity index (χ0) is 13.3. The number of hydrogen-bond acceptors (Lipinski definition) is 0. The van der Waals surface area contributed by atoms with Crippen LogP contribution in [0.15, 0.2) is 24.5 Å². The van der Waals surface area contributed by atoms with Crippen LogP contribution in [0.4, 0.5) is 0 Å². The molecule has 1 aromatic rings. The van der Waals surface area contributed by atoms with Gasteiger partial charge in [0.2, 0.25) is 0 Å². The summed E-state index contributed by atoms with van der Waals surface area (Å²) in [6.45, 7) is 1.37. The molecule has 0 radical (unpaired) electrons. The second-order valence-corrected chi connectivity index (χ2v) is 12.7. The highest BCUT2D eigenvalue weighted by atomic mass is 35.7. The van der Waals surface area contributed by atoms with Gasteiger partial charge in [0.25, 0.3) is 6.69 Å². The summed E-state index contributed by atoms with van der Waals surface area (Å²) in [6, 6.07) is 6.24. The first-order valence-corrected chi connectivity index (χ1v) is 11.6. The lowest BCUT2D eigenvalue weighted by Crippen LogP contribution is -2.18. The van der Waals surface area contributed by atoms with Crippen molar-refractivity contribution in [3.63, 3.8) is 0 Å². The zero-order valence-corrected chi connectivity index (χ0v) is 13.9. The Balaban J connectivity index is 2.05. The highest BCUT2D eigenvalue weighted by Crippen LogP contribution is 2.30. The average Bonchev–Trinajstić information content (AvgIpc) is 2.83. The minimum absolute atomic E-state index is 1.05. The summed E-state index contributed by atoms with van der Waals surface area (Å²) < 4.78 is 2.22. The molecule has 4 heteroatoms. The van der Waals surface area contributed by atoms with Crippen LogP contribution in [-0.2, 0) is 6.54 Å². The first-order valence-electron chi connectivity index (χ1n) is 7.12. The van der Waals surface area contributed by atoms with Crippen molar-refractivity contribution in [2.24, 2.45) is 0 Å².